The summed E-state index contributed by atoms with van der Waals surface area (Å²) in [6, 6.07) is 9.85. The van der Waals surface area contributed by atoms with Gasteiger partial charge in [-0.05, 0) is 49.2 Å². The van der Waals surface area contributed by atoms with E-state index in [1.807, 2.05) is 19.1 Å². The van der Waals surface area contributed by atoms with E-state index in [0.717, 1.165) is 16.5 Å². The van der Waals surface area contributed by atoms with Crippen LogP contribution in [0.15, 0.2) is 47.2 Å². The number of aryl methyl sites for hydroxylation is 1. The van der Waals surface area contributed by atoms with Crippen molar-refractivity contribution in [2.24, 2.45) is 0 Å². The van der Waals surface area contributed by atoms with Crippen LogP contribution in [0, 0.1) is 12.7 Å². The number of nitrogens with zero attached hydrogens (tertiary/aromatic N) is 4. The molecule has 0 bridgehead atoms. The normalized spacial score (nSPS) is 12.1. The quantitative estimate of drug-likeness (QED) is 0.553. The summed E-state index contributed by atoms with van der Waals surface area (Å²) in [7, 11) is 1.59. The Balaban J connectivity index is 1.80. The first-order valence-corrected chi connectivity index (χ1v) is 8.70. The highest BCUT2D eigenvalue weighted by Crippen LogP contribution is 2.34. The topological polar surface area (TPSA) is 86.0 Å². The first kappa shape index (κ1) is 17.8. The number of rotatable bonds is 5. The maximum Gasteiger partial charge on any atom is 0.248 e. The standard InChI is InChI=1S/C20H18FN5O2/c1-11(20-25-12(2)26-28-20)24-19-16-8-14(13-4-6-15(21)7-5-13)9-17(27-3)18(16)22-10-23-19/h4-11H,1-3H3,(H,22,23,24). The first-order valence-electron chi connectivity index (χ1n) is 8.70. The highest BCUT2D eigenvalue weighted by molar-refractivity contribution is 5.96. The third-order valence-electron chi connectivity index (χ3n) is 4.37. The molecule has 1 unspecified atom stereocenters. The predicted octanol–water partition coefficient (Wildman–Crippen LogP) is 4.31. The van der Waals surface area contributed by atoms with Crippen LogP contribution in [0.5, 0.6) is 5.75 Å². The minimum Gasteiger partial charge on any atom is -0.494 e. The molecule has 0 spiro atoms. The van der Waals surface area contributed by atoms with Gasteiger partial charge in [0, 0.05) is 5.39 Å². The van der Waals surface area contributed by atoms with Crippen LogP contribution < -0.4 is 10.1 Å². The van der Waals surface area contributed by atoms with Gasteiger partial charge < -0.3 is 14.6 Å². The van der Waals surface area contributed by atoms with Crippen LogP contribution >= 0.6 is 0 Å². The number of anilines is 1. The Morgan fingerprint density at radius 2 is 1.89 bits per heavy atom. The van der Waals surface area contributed by atoms with E-state index in [4.69, 9.17) is 9.26 Å². The summed E-state index contributed by atoms with van der Waals surface area (Å²) in [6.45, 7) is 3.67. The minimum absolute atomic E-state index is 0.250. The fraction of sp³-hybridized carbons (Fsp3) is 0.200. The minimum atomic E-state index is -0.286. The number of nitrogens with one attached hydrogen (secondary N) is 1. The molecule has 2 aromatic carbocycles. The number of methoxy groups -OCH3 is 1. The molecule has 0 saturated carbocycles. The summed E-state index contributed by atoms with van der Waals surface area (Å²) in [5, 5.41) is 7.88. The zero-order valence-electron chi connectivity index (χ0n) is 15.6. The van der Waals surface area contributed by atoms with E-state index in [-0.39, 0.29) is 11.9 Å². The van der Waals surface area contributed by atoms with Gasteiger partial charge in [-0.2, -0.15) is 4.98 Å². The summed E-state index contributed by atoms with van der Waals surface area (Å²) in [6.07, 6.45) is 1.47. The third kappa shape index (κ3) is 3.36. The van der Waals surface area contributed by atoms with Crippen molar-refractivity contribution in [1.29, 1.82) is 0 Å². The van der Waals surface area contributed by atoms with Gasteiger partial charge in [0.2, 0.25) is 5.89 Å². The number of fused-ring (bicyclic) bond motifs is 1. The maximum atomic E-state index is 13.3. The maximum absolute atomic E-state index is 13.3. The van der Waals surface area contributed by atoms with Gasteiger partial charge in [0.15, 0.2) is 5.82 Å². The van der Waals surface area contributed by atoms with Crippen molar-refractivity contribution in [3.05, 3.63) is 60.3 Å². The van der Waals surface area contributed by atoms with Crippen LogP contribution in [0.3, 0.4) is 0 Å². The van der Waals surface area contributed by atoms with Gasteiger partial charge in [0.25, 0.3) is 0 Å². The van der Waals surface area contributed by atoms with Crippen LogP contribution in [0.2, 0.25) is 0 Å². The highest BCUT2D eigenvalue weighted by atomic mass is 19.1. The Morgan fingerprint density at radius 1 is 1.11 bits per heavy atom. The largest absolute Gasteiger partial charge is 0.494 e. The average molecular weight is 379 g/mol. The Kier molecular flexibility index (Phi) is 4.60. The summed E-state index contributed by atoms with van der Waals surface area (Å²) in [5.74, 6) is 1.95. The van der Waals surface area contributed by atoms with Gasteiger partial charge in [-0.1, -0.05) is 17.3 Å². The van der Waals surface area contributed by atoms with Gasteiger partial charge in [-0.15, -0.1) is 0 Å². The van der Waals surface area contributed by atoms with E-state index in [9.17, 15) is 4.39 Å². The lowest BCUT2D eigenvalue weighted by molar-refractivity contribution is 0.364. The number of halogens is 1. The van der Waals surface area contributed by atoms with Crippen LogP contribution in [0.1, 0.15) is 24.7 Å². The molecule has 0 aliphatic heterocycles. The van der Waals surface area contributed by atoms with Gasteiger partial charge in [-0.25, -0.2) is 14.4 Å². The van der Waals surface area contributed by atoms with Crippen LogP contribution in [-0.2, 0) is 0 Å². The lowest BCUT2D eigenvalue weighted by Gasteiger charge is -2.15. The zero-order valence-corrected chi connectivity index (χ0v) is 15.6. The molecule has 1 atom stereocenters. The van der Waals surface area contributed by atoms with E-state index < -0.39 is 0 Å². The zero-order chi connectivity index (χ0) is 19.7. The van der Waals surface area contributed by atoms with Crippen molar-refractivity contribution < 1.29 is 13.7 Å². The summed E-state index contributed by atoms with van der Waals surface area (Å²) in [4.78, 5) is 13.0. The van der Waals surface area contributed by atoms with Crippen LogP contribution in [0.4, 0.5) is 10.2 Å². The van der Waals surface area contributed by atoms with E-state index in [0.29, 0.717) is 28.8 Å². The monoisotopic (exact) mass is 379 g/mol. The SMILES string of the molecule is COc1cc(-c2ccc(F)cc2)cc2c(NC(C)c3nc(C)no3)ncnc12. The number of hydrogen-bond acceptors (Lipinski definition) is 7. The molecule has 0 aliphatic rings. The molecule has 0 amide bonds. The molecule has 0 fully saturated rings. The smallest absolute Gasteiger partial charge is 0.248 e. The molecule has 2 heterocycles. The van der Waals surface area contributed by atoms with E-state index in [2.05, 4.69) is 25.4 Å². The van der Waals surface area contributed by atoms with Crippen molar-refractivity contribution in [3.8, 4) is 16.9 Å². The number of aromatic nitrogens is 4. The summed E-state index contributed by atoms with van der Waals surface area (Å²) >= 11 is 0. The van der Waals surface area contributed by atoms with E-state index in [1.165, 1.54) is 18.5 Å². The van der Waals surface area contributed by atoms with Crippen LogP contribution in [0.25, 0.3) is 22.0 Å². The fourth-order valence-electron chi connectivity index (χ4n) is 2.97. The van der Waals surface area contributed by atoms with Gasteiger partial charge in [-0.3, -0.25) is 0 Å². The second-order valence-electron chi connectivity index (χ2n) is 6.35. The molecule has 2 aromatic heterocycles. The van der Waals surface area contributed by atoms with Crippen molar-refractivity contribution in [1.82, 2.24) is 20.1 Å². The number of ether oxygens (including phenoxy) is 1. The molecule has 7 nitrogen and oxygen atoms in total. The van der Waals surface area contributed by atoms with Crippen molar-refractivity contribution in [3.63, 3.8) is 0 Å². The van der Waals surface area contributed by atoms with Gasteiger partial charge in [0.1, 0.15) is 35.3 Å². The lowest BCUT2D eigenvalue weighted by atomic mass is 10.0. The molecule has 4 rings (SSSR count). The molecule has 0 saturated heterocycles. The van der Waals surface area contributed by atoms with Gasteiger partial charge >= 0.3 is 0 Å². The van der Waals surface area contributed by atoms with Crippen molar-refractivity contribution in [2.45, 2.75) is 19.9 Å². The second-order valence-corrected chi connectivity index (χ2v) is 6.35. The Bertz CT molecular complexity index is 1130. The Morgan fingerprint density at radius 3 is 2.57 bits per heavy atom. The van der Waals surface area contributed by atoms with Crippen molar-refractivity contribution in [2.75, 3.05) is 12.4 Å². The van der Waals surface area contributed by atoms with Gasteiger partial charge in [0.05, 0.1) is 7.11 Å². The number of hydrogen-bond donors (Lipinski definition) is 1. The number of benzene rings is 2. The summed E-state index contributed by atoms with van der Waals surface area (Å²) in [5.41, 5.74) is 2.39. The molecule has 28 heavy (non-hydrogen) atoms. The molecule has 0 aliphatic carbocycles. The Hall–Kier alpha value is -3.55. The Labute approximate surface area is 160 Å². The molecule has 0 radical (unpaired) electrons. The first-order chi connectivity index (χ1) is 13.5. The summed E-state index contributed by atoms with van der Waals surface area (Å²) < 4.78 is 24.1. The molecule has 4 aromatic rings. The van der Waals surface area contributed by atoms with Crippen molar-refractivity contribution >= 4 is 16.7 Å². The third-order valence-corrected chi connectivity index (χ3v) is 4.37. The molecular weight excluding hydrogens is 361 g/mol. The lowest BCUT2D eigenvalue weighted by Crippen LogP contribution is -2.09. The average Bonchev–Trinajstić information content (AvgIpc) is 3.14. The second kappa shape index (κ2) is 7.22. The van der Waals surface area contributed by atoms with E-state index >= 15 is 0 Å². The molecular formula is C20H18FN5O2. The molecule has 1 N–H and O–H groups in total. The fourth-order valence-corrected chi connectivity index (χ4v) is 2.97. The van der Waals surface area contributed by atoms with E-state index in [1.54, 1.807) is 26.2 Å². The highest BCUT2D eigenvalue weighted by Gasteiger charge is 2.17. The predicted molar refractivity (Wildman–Crippen MR) is 103 cm³/mol. The molecule has 8 heteroatoms. The van der Waals surface area contributed by atoms with Crippen LogP contribution in [-0.4, -0.2) is 27.2 Å². The molecule has 142 valence electrons.